The summed E-state index contributed by atoms with van der Waals surface area (Å²) in [6, 6.07) is 2.09. The predicted molar refractivity (Wildman–Crippen MR) is 83.0 cm³/mol. The lowest BCUT2D eigenvalue weighted by molar-refractivity contribution is -0.135. The topological polar surface area (TPSA) is 53.4 Å². The van der Waals surface area contributed by atoms with Crippen molar-refractivity contribution < 1.29 is 4.79 Å². The molecule has 1 aliphatic rings. The molecule has 1 saturated heterocycles. The molecule has 0 radical (unpaired) electrons. The van der Waals surface area contributed by atoms with Crippen LogP contribution < -0.4 is 5.32 Å². The Hall–Kier alpha value is -1.40. The number of hydrogen-bond acceptors (Lipinski definition) is 4. The van der Waals surface area contributed by atoms with Crippen molar-refractivity contribution in [2.45, 2.75) is 39.4 Å². The Morgan fingerprint density at radius 1 is 1.48 bits per heavy atom. The fourth-order valence-corrected chi connectivity index (χ4v) is 2.77. The van der Waals surface area contributed by atoms with Crippen LogP contribution in [0.1, 0.15) is 25.2 Å². The van der Waals surface area contributed by atoms with Crippen LogP contribution in [0.3, 0.4) is 0 Å². The molecule has 1 aromatic heterocycles. The standard InChI is InChI=1S/C15H27N5O/c1-5-12-9-13(20(6-2)17-12)11-19-8-7-16-10-14(19)15(21)18(3)4/h9,14,16H,5-8,10-11H2,1-4H3. The SMILES string of the molecule is CCc1cc(CN2CCNCC2C(=O)N(C)C)n(CC)n1. The van der Waals surface area contributed by atoms with Gasteiger partial charge >= 0.3 is 0 Å². The maximum atomic E-state index is 12.3. The van der Waals surface area contributed by atoms with Gasteiger partial charge in [0, 0.05) is 46.8 Å². The Bertz CT molecular complexity index is 482. The maximum absolute atomic E-state index is 12.3. The van der Waals surface area contributed by atoms with Crippen LogP contribution in [0, 0.1) is 0 Å². The fraction of sp³-hybridized carbons (Fsp3) is 0.733. The van der Waals surface area contributed by atoms with Gasteiger partial charge in [0.05, 0.1) is 11.4 Å². The van der Waals surface area contributed by atoms with Crippen LogP contribution in [0.5, 0.6) is 0 Å². The number of rotatable bonds is 5. The molecule has 1 atom stereocenters. The van der Waals surface area contributed by atoms with Gasteiger partial charge in [-0.25, -0.2) is 0 Å². The van der Waals surface area contributed by atoms with E-state index >= 15 is 0 Å². The first-order chi connectivity index (χ1) is 10.1. The largest absolute Gasteiger partial charge is 0.347 e. The lowest BCUT2D eigenvalue weighted by atomic mass is 10.1. The van der Waals surface area contributed by atoms with E-state index in [9.17, 15) is 4.79 Å². The third-order valence-corrected chi connectivity index (χ3v) is 4.02. The number of likely N-dealkylation sites (N-methyl/N-ethyl adjacent to an activating group) is 1. The highest BCUT2D eigenvalue weighted by atomic mass is 16.2. The maximum Gasteiger partial charge on any atom is 0.240 e. The molecule has 1 fully saturated rings. The van der Waals surface area contributed by atoms with Gasteiger partial charge in [0.15, 0.2) is 0 Å². The van der Waals surface area contributed by atoms with Crippen molar-refractivity contribution in [3.8, 4) is 0 Å². The van der Waals surface area contributed by atoms with E-state index in [2.05, 4.69) is 39.9 Å². The highest BCUT2D eigenvalue weighted by molar-refractivity contribution is 5.81. The van der Waals surface area contributed by atoms with Gasteiger partial charge in [-0.15, -0.1) is 0 Å². The Morgan fingerprint density at radius 2 is 2.24 bits per heavy atom. The van der Waals surface area contributed by atoms with E-state index in [1.54, 1.807) is 4.90 Å². The second kappa shape index (κ2) is 7.04. The molecule has 21 heavy (non-hydrogen) atoms. The molecule has 0 aliphatic carbocycles. The minimum Gasteiger partial charge on any atom is -0.347 e. The van der Waals surface area contributed by atoms with Gasteiger partial charge < -0.3 is 10.2 Å². The number of amides is 1. The molecule has 1 amide bonds. The molecule has 118 valence electrons. The molecule has 1 N–H and O–H groups in total. The van der Waals surface area contributed by atoms with E-state index in [0.29, 0.717) is 0 Å². The number of aryl methyl sites for hydroxylation is 2. The summed E-state index contributed by atoms with van der Waals surface area (Å²) in [5, 5.41) is 7.92. The second-order valence-corrected chi connectivity index (χ2v) is 5.72. The summed E-state index contributed by atoms with van der Waals surface area (Å²) in [7, 11) is 3.64. The molecule has 6 heteroatoms. The molecule has 2 heterocycles. The summed E-state index contributed by atoms with van der Waals surface area (Å²) >= 11 is 0. The minimum absolute atomic E-state index is 0.0842. The van der Waals surface area contributed by atoms with Crippen LogP contribution in [0.4, 0.5) is 0 Å². The van der Waals surface area contributed by atoms with Crippen LogP contribution >= 0.6 is 0 Å². The van der Waals surface area contributed by atoms with Crippen LogP contribution in [0.2, 0.25) is 0 Å². The molecule has 1 unspecified atom stereocenters. The number of carbonyl (C=O) groups excluding carboxylic acids is 1. The van der Waals surface area contributed by atoms with Crippen LogP contribution in [-0.4, -0.2) is 65.3 Å². The number of nitrogens with one attached hydrogen (secondary N) is 1. The monoisotopic (exact) mass is 293 g/mol. The van der Waals surface area contributed by atoms with Crippen LogP contribution in [0.25, 0.3) is 0 Å². The lowest BCUT2D eigenvalue weighted by Crippen LogP contribution is -2.57. The number of aromatic nitrogens is 2. The normalized spacial score (nSPS) is 19.7. The number of hydrogen-bond donors (Lipinski definition) is 1. The average Bonchev–Trinajstić information content (AvgIpc) is 2.89. The molecular formula is C15H27N5O. The molecular weight excluding hydrogens is 266 g/mol. The molecule has 1 aromatic rings. The first kappa shape index (κ1) is 16.0. The van der Waals surface area contributed by atoms with Crippen molar-refractivity contribution in [3.05, 3.63) is 17.5 Å². The Kier molecular flexibility index (Phi) is 5.36. The van der Waals surface area contributed by atoms with E-state index in [1.807, 2.05) is 14.1 Å². The van der Waals surface area contributed by atoms with Gasteiger partial charge in [-0.1, -0.05) is 6.92 Å². The minimum atomic E-state index is -0.0842. The number of carbonyl (C=O) groups is 1. The summed E-state index contributed by atoms with van der Waals surface area (Å²) in [5.74, 6) is 0.167. The first-order valence-electron chi connectivity index (χ1n) is 7.78. The smallest absolute Gasteiger partial charge is 0.240 e. The van der Waals surface area contributed by atoms with E-state index in [-0.39, 0.29) is 11.9 Å². The van der Waals surface area contributed by atoms with Crippen molar-refractivity contribution >= 4 is 5.91 Å². The number of piperazine rings is 1. The summed E-state index contributed by atoms with van der Waals surface area (Å²) in [6.07, 6.45) is 0.946. The van der Waals surface area contributed by atoms with Gasteiger partial charge in [-0.2, -0.15) is 5.10 Å². The van der Waals surface area contributed by atoms with E-state index in [1.165, 1.54) is 5.69 Å². The Morgan fingerprint density at radius 3 is 2.86 bits per heavy atom. The highest BCUT2D eigenvalue weighted by Crippen LogP contribution is 2.14. The molecule has 0 bridgehead atoms. The fourth-order valence-electron chi connectivity index (χ4n) is 2.77. The predicted octanol–water partition coefficient (Wildman–Crippen LogP) is 0.327. The van der Waals surface area contributed by atoms with Gasteiger partial charge in [-0.05, 0) is 19.4 Å². The van der Waals surface area contributed by atoms with Gasteiger partial charge in [0.2, 0.25) is 5.91 Å². The zero-order valence-corrected chi connectivity index (χ0v) is 13.6. The Balaban J connectivity index is 2.15. The summed E-state index contributed by atoms with van der Waals surface area (Å²) < 4.78 is 2.05. The van der Waals surface area contributed by atoms with Crippen molar-refractivity contribution in [3.63, 3.8) is 0 Å². The van der Waals surface area contributed by atoms with E-state index in [4.69, 9.17) is 0 Å². The van der Waals surface area contributed by atoms with Crippen molar-refractivity contribution in [2.75, 3.05) is 33.7 Å². The highest BCUT2D eigenvalue weighted by Gasteiger charge is 2.30. The summed E-state index contributed by atoms with van der Waals surface area (Å²) in [5.41, 5.74) is 2.32. The molecule has 0 spiro atoms. The molecule has 2 rings (SSSR count). The third-order valence-electron chi connectivity index (χ3n) is 4.02. The van der Waals surface area contributed by atoms with Crippen molar-refractivity contribution in [1.29, 1.82) is 0 Å². The van der Waals surface area contributed by atoms with E-state index in [0.717, 1.165) is 44.8 Å². The van der Waals surface area contributed by atoms with Gasteiger partial charge in [0.25, 0.3) is 0 Å². The number of nitrogens with zero attached hydrogens (tertiary/aromatic N) is 4. The van der Waals surface area contributed by atoms with Crippen LogP contribution in [0.15, 0.2) is 6.07 Å². The van der Waals surface area contributed by atoms with Crippen molar-refractivity contribution in [1.82, 2.24) is 24.9 Å². The molecule has 1 aliphatic heterocycles. The zero-order valence-electron chi connectivity index (χ0n) is 13.6. The quantitative estimate of drug-likeness (QED) is 0.850. The molecule has 0 aromatic carbocycles. The van der Waals surface area contributed by atoms with E-state index < -0.39 is 0 Å². The lowest BCUT2D eigenvalue weighted by Gasteiger charge is -2.36. The van der Waals surface area contributed by atoms with Crippen molar-refractivity contribution in [2.24, 2.45) is 0 Å². The van der Waals surface area contributed by atoms with Crippen LogP contribution in [-0.2, 0) is 24.3 Å². The first-order valence-corrected chi connectivity index (χ1v) is 7.78. The molecule has 6 nitrogen and oxygen atoms in total. The van der Waals surface area contributed by atoms with Gasteiger partial charge in [0.1, 0.15) is 6.04 Å². The second-order valence-electron chi connectivity index (χ2n) is 5.72. The average molecular weight is 293 g/mol. The third kappa shape index (κ3) is 3.63. The zero-order chi connectivity index (χ0) is 15.4. The molecule has 0 saturated carbocycles. The van der Waals surface area contributed by atoms with Gasteiger partial charge in [-0.3, -0.25) is 14.4 Å². The Labute approximate surface area is 127 Å². The summed E-state index contributed by atoms with van der Waals surface area (Å²) in [4.78, 5) is 16.3. The summed E-state index contributed by atoms with van der Waals surface area (Å²) in [6.45, 7) is 8.42.